The lowest BCUT2D eigenvalue weighted by atomic mass is 9.79. The third-order valence-electron chi connectivity index (χ3n) is 12.7. The normalized spacial score (nSPS) is 23.5. The Kier molecular flexibility index (Phi) is 10.8. The number of halogens is 2. The van der Waals surface area contributed by atoms with Crippen LogP contribution >= 0.6 is 0 Å². The van der Waals surface area contributed by atoms with E-state index in [1.165, 1.54) is 57.1 Å². The molecule has 0 unspecified atom stereocenters. The molecular formula is C43H55F2N5O2. The highest BCUT2D eigenvalue weighted by molar-refractivity contribution is 6.06. The molecule has 4 aliphatic rings. The first-order valence-corrected chi connectivity index (χ1v) is 20.0. The summed E-state index contributed by atoms with van der Waals surface area (Å²) in [6.45, 7) is 6.10. The molecule has 2 aliphatic carbocycles. The van der Waals surface area contributed by atoms with Gasteiger partial charge < -0.3 is 10.2 Å². The summed E-state index contributed by atoms with van der Waals surface area (Å²) in [5.74, 6) is -0.518. The molecule has 278 valence electrons. The molecule has 1 aromatic carbocycles. The Hall–Kier alpha value is -3.72. The van der Waals surface area contributed by atoms with Gasteiger partial charge >= 0.3 is 0 Å². The molecule has 2 spiro atoms. The predicted molar refractivity (Wildman–Crippen MR) is 200 cm³/mol. The predicted octanol–water partition coefficient (Wildman–Crippen LogP) is 8.58. The van der Waals surface area contributed by atoms with Crippen molar-refractivity contribution in [3.8, 4) is 0 Å². The zero-order chi connectivity index (χ0) is 36.3. The van der Waals surface area contributed by atoms with Crippen molar-refractivity contribution in [2.24, 2.45) is 0 Å². The Bertz CT molecular complexity index is 1760. The van der Waals surface area contributed by atoms with Gasteiger partial charge in [-0.1, -0.05) is 83.3 Å². The van der Waals surface area contributed by atoms with Crippen molar-refractivity contribution in [3.63, 3.8) is 0 Å². The van der Waals surface area contributed by atoms with Crippen LogP contribution in [0, 0.1) is 11.6 Å². The molecule has 4 heterocycles. The Morgan fingerprint density at radius 1 is 0.846 bits per heavy atom. The van der Waals surface area contributed by atoms with Crippen molar-refractivity contribution in [2.75, 3.05) is 25.0 Å². The first-order valence-electron chi connectivity index (χ1n) is 20.0. The Morgan fingerprint density at radius 3 is 2.29 bits per heavy atom. The van der Waals surface area contributed by atoms with Gasteiger partial charge in [-0.2, -0.15) is 0 Å². The molecule has 2 amide bonds. The molecule has 3 aromatic rings. The first-order chi connectivity index (χ1) is 25.2. The smallest absolute Gasteiger partial charge is 0.243 e. The number of nitrogens with one attached hydrogen (secondary N) is 1. The van der Waals surface area contributed by atoms with Crippen LogP contribution in [0.3, 0.4) is 0 Å². The average molecular weight is 712 g/mol. The second-order valence-corrected chi connectivity index (χ2v) is 16.2. The minimum Gasteiger partial charge on any atom is -0.330 e. The molecule has 9 heteroatoms. The Morgan fingerprint density at radius 2 is 1.56 bits per heavy atom. The highest BCUT2D eigenvalue weighted by Gasteiger charge is 2.57. The van der Waals surface area contributed by atoms with Gasteiger partial charge in [0.1, 0.15) is 23.0 Å². The molecule has 7 nitrogen and oxygen atoms in total. The van der Waals surface area contributed by atoms with Crippen LogP contribution in [0.15, 0.2) is 48.8 Å². The molecule has 7 rings (SSSR count). The van der Waals surface area contributed by atoms with Gasteiger partial charge in [-0.3, -0.25) is 19.5 Å². The molecule has 1 saturated carbocycles. The lowest BCUT2D eigenvalue weighted by molar-refractivity contribution is -0.165. The summed E-state index contributed by atoms with van der Waals surface area (Å²) in [5.41, 5.74) is 2.42. The molecule has 52 heavy (non-hydrogen) atoms. The van der Waals surface area contributed by atoms with Gasteiger partial charge in [0, 0.05) is 49.2 Å². The monoisotopic (exact) mass is 711 g/mol. The second-order valence-electron chi connectivity index (χ2n) is 16.2. The number of pyridine rings is 2. The van der Waals surface area contributed by atoms with E-state index < -0.39 is 28.1 Å². The second kappa shape index (κ2) is 15.3. The van der Waals surface area contributed by atoms with E-state index in [2.05, 4.69) is 28.2 Å². The van der Waals surface area contributed by atoms with E-state index in [1.807, 2.05) is 30.2 Å². The number of rotatable bonds is 15. The number of piperazine rings is 1. The van der Waals surface area contributed by atoms with Crippen molar-refractivity contribution in [1.29, 1.82) is 0 Å². The number of aryl methyl sites for hydroxylation is 1. The highest BCUT2D eigenvalue weighted by atomic mass is 19.1. The third-order valence-corrected chi connectivity index (χ3v) is 12.7. The molecule has 2 aliphatic heterocycles. The number of anilines is 1. The van der Waals surface area contributed by atoms with E-state index >= 15 is 0 Å². The summed E-state index contributed by atoms with van der Waals surface area (Å²) in [7, 11) is 0. The molecule has 0 bridgehead atoms. The van der Waals surface area contributed by atoms with Crippen LogP contribution < -0.4 is 5.32 Å². The summed E-state index contributed by atoms with van der Waals surface area (Å²) < 4.78 is 29.6. The van der Waals surface area contributed by atoms with Gasteiger partial charge in [0.25, 0.3) is 0 Å². The molecule has 2 atom stereocenters. The average Bonchev–Trinajstić information content (AvgIpc) is 3.84. The Balaban J connectivity index is 1.06. The van der Waals surface area contributed by atoms with Crippen LogP contribution in [0.2, 0.25) is 0 Å². The van der Waals surface area contributed by atoms with Gasteiger partial charge in [-0.15, -0.1) is 0 Å². The van der Waals surface area contributed by atoms with Gasteiger partial charge in [0.05, 0.1) is 11.0 Å². The zero-order valence-electron chi connectivity index (χ0n) is 31.1. The number of carbonyl (C=O) groups is 2. The Labute approximate surface area is 308 Å². The maximum atomic E-state index is 14.9. The van der Waals surface area contributed by atoms with E-state index in [4.69, 9.17) is 4.98 Å². The molecule has 2 fully saturated rings. The topological polar surface area (TPSA) is 78.4 Å². The number of aromatic nitrogens is 2. The summed E-state index contributed by atoms with van der Waals surface area (Å²) >= 11 is 0. The fourth-order valence-corrected chi connectivity index (χ4v) is 9.82. The van der Waals surface area contributed by atoms with Crippen molar-refractivity contribution in [2.45, 2.75) is 139 Å². The maximum Gasteiger partial charge on any atom is 0.243 e. The maximum absolute atomic E-state index is 14.9. The van der Waals surface area contributed by atoms with Crippen LogP contribution in [0.25, 0.3) is 0 Å². The quantitative estimate of drug-likeness (QED) is 0.160. The molecule has 0 radical (unpaired) electrons. The number of carbonyl (C=O) groups excluding carboxylic acids is 2. The van der Waals surface area contributed by atoms with Crippen LogP contribution in [0.1, 0.15) is 132 Å². The lowest BCUT2D eigenvalue weighted by Crippen LogP contribution is -2.71. The number of amides is 2. The summed E-state index contributed by atoms with van der Waals surface area (Å²) in [6, 6.07) is 9.78. The third kappa shape index (κ3) is 6.90. The van der Waals surface area contributed by atoms with Crippen molar-refractivity contribution in [3.05, 3.63) is 88.4 Å². The van der Waals surface area contributed by atoms with Crippen molar-refractivity contribution >= 4 is 17.6 Å². The number of unbranched alkanes of at least 4 members (excludes halogenated alkanes) is 8. The summed E-state index contributed by atoms with van der Waals surface area (Å²) in [4.78, 5) is 41.7. The summed E-state index contributed by atoms with van der Waals surface area (Å²) in [6.07, 6.45) is 20.9. The van der Waals surface area contributed by atoms with Gasteiger partial charge in [-0.25, -0.2) is 13.8 Å². The minimum absolute atomic E-state index is 0.0230. The van der Waals surface area contributed by atoms with Gasteiger partial charge in [0.2, 0.25) is 11.8 Å². The van der Waals surface area contributed by atoms with E-state index in [9.17, 15) is 18.4 Å². The zero-order valence-corrected chi connectivity index (χ0v) is 31.1. The van der Waals surface area contributed by atoms with Crippen molar-refractivity contribution < 1.29 is 18.4 Å². The van der Waals surface area contributed by atoms with Crippen LogP contribution in [0.5, 0.6) is 0 Å². The lowest BCUT2D eigenvalue weighted by Gasteiger charge is -2.57. The van der Waals surface area contributed by atoms with Crippen LogP contribution in [-0.2, 0) is 39.8 Å². The summed E-state index contributed by atoms with van der Waals surface area (Å²) in [5, 5.41) is 2.97. The molecule has 1 saturated heterocycles. The minimum atomic E-state index is -0.882. The largest absolute Gasteiger partial charge is 0.330 e. The fourth-order valence-electron chi connectivity index (χ4n) is 9.82. The van der Waals surface area contributed by atoms with Crippen LogP contribution in [-0.4, -0.2) is 56.8 Å². The highest BCUT2D eigenvalue weighted by Crippen LogP contribution is 2.48. The van der Waals surface area contributed by atoms with Crippen molar-refractivity contribution in [1.82, 2.24) is 19.8 Å². The van der Waals surface area contributed by atoms with Crippen LogP contribution in [0.4, 0.5) is 14.6 Å². The molecule has 1 N–H and O–H groups in total. The van der Waals surface area contributed by atoms with Gasteiger partial charge in [-0.05, 0) is 86.9 Å². The van der Waals surface area contributed by atoms with E-state index in [0.717, 1.165) is 73.5 Å². The first kappa shape index (κ1) is 36.6. The van der Waals surface area contributed by atoms with E-state index in [1.54, 1.807) is 6.20 Å². The van der Waals surface area contributed by atoms with E-state index in [-0.39, 0.29) is 11.8 Å². The number of hydrogen-bond donors (Lipinski definition) is 1. The van der Waals surface area contributed by atoms with Gasteiger partial charge in [0.15, 0.2) is 0 Å². The molecular weight excluding hydrogens is 657 g/mol. The molecule has 2 aromatic heterocycles. The standard InChI is InChI=1S/C43H55F2N5O2/c1-3-4-5-6-7-8-9-10-13-21-49-30-41(2,33-24-34(44)26-35(45)25-33)50(40(52)43(49)18-11-12-19-43)22-15-16-31-23-32-27-42(28-37(32)47-29-31)36-17-14-20-46-38(36)48-39(42)51/h14,17,20,23-26,29H,3-13,15-16,18-19,21-22,27-28,30H2,1-2H3,(H,46,48,51)/t41-,42-/m0/s1. The fraction of sp³-hybridized carbons (Fsp3) is 0.581. The number of hydrogen-bond acceptors (Lipinski definition) is 5. The number of nitrogens with zero attached hydrogens (tertiary/aromatic N) is 4. The number of benzene rings is 1. The van der Waals surface area contributed by atoms with E-state index in [0.29, 0.717) is 50.2 Å². The SMILES string of the molecule is CCCCCCCCCCCN1C[C@@](C)(c2cc(F)cc(F)c2)N(CCCc2cnc3c(c2)C[C@@]2(C3)C(=O)Nc3ncccc32)C(=O)C12CCCC2. The number of fused-ring (bicyclic) bond motifs is 3.